The maximum absolute atomic E-state index is 13.3. The molecule has 0 radical (unpaired) electrons. The Morgan fingerprint density at radius 1 is 0.853 bits per heavy atom. The summed E-state index contributed by atoms with van der Waals surface area (Å²) in [6, 6.07) is 28.6. The third-order valence-electron chi connectivity index (χ3n) is 5.15. The third-order valence-corrected chi connectivity index (χ3v) is 7.46. The lowest BCUT2D eigenvalue weighted by molar-refractivity contribution is -0.119. The van der Waals surface area contributed by atoms with Crippen molar-refractivity contribution < 1.29 is 17.9 Å². The van der Waals surface area contributed by atoms with Gasteiger partial charge in [-0.1, -0.05) is 64.5 Å². The summed E-state index contributed by atoms with van der Waals surface area (Å²) in [7, 11) is -3.93. The summed E-state index contributed by atoms with van der Waals surface area (Å²) < 4.78 is 34.2. The van der Waals surface area contributed by atoms with Crippen LogP contribution in [-0.2, 0) is 14.8 Å². The lowest BCUT2D eigenvalue weighted by Gasteiger charge is -2.24. The van der Waals surface area contributed by atoms with Crippen LogP contribution in [0, 0.1) is 0 Å². The zero-order valence-corrected chi connectivity index (χ0v) is 20.6. The van der Waals surface area contributed by atoms with E-state index < -0.39 is 15.9 Å². The van der Waals surface area contributed by atoms with E-state index in [4.69, 9.17) is 4.74 Å². The van der Waals surface area contributed by atoms with Crippen molar-refractivity contribution in [2.45, 2.75) is 4.90 Å². The van der Waals surface area contributed by atoms with Crippen LogP contribution in [0.2, 0.25) is 0 Å². The van der Waals surface area contributed by atoms with E-state index in [0.29, 0.717) is 11.4 Å². The summed E-state index contributed by atoms with van der Waals surface area (Å²) in [5.74, 6) is 0.278. The van der Waals surface area contributed by atoms with E-state index in [1.807, 2.05) is 42.5 Å². The van der Waals surface area contributed by atoms with E-state index in [2.05, 4.69) is 21.2 Å². The van der Waals surface area contributed by atoms with Gasteiger partial charge in [-0.3, -0.25) is 9.10 Å². The molecule has 1 amide bonds. The quantitative estimate of drug-likeness (QED) is 0.304. The number of amides is 1. The zero-order chi connectivity index (χ0) is 24.0. The summed E-state index contributed by atoms with van der Waals surface area (Å²) >= 11 is 3.35. The molecule has 174 valence electrons. The number of anilines is 1. The second-order valence-corrected chi connectivity index (χ2v) is 10.3. The number of carbonyl (C=O) groups excluding carboxylic acids is 1. The molecule has 4 aromatic carbocycles. The number of benzene rings is 4. The van der Waals surface area contributed by atoms with Crippen LogP contribution in [0.1, 0.15) is 0 Å². The van der Waals surface area contributed by atoms with Crippen LogP contribution in [0.5, 0.6) is 5.75 Å². The number of hydrogen-bond acceptors (Lipinski definition) is 4. The number of ether oxygens (including phenoxy) is 1. The monoisotopic (exact) mass is 538 g/mol. The van der Waals surface area contributed by atoms with E-state index in [1.54, 1.807) is 42.5 Å². The highest BCUT2D eigenvalue weighted by Crippen LogP contribution is 2.25. The molecule has 0 aromatic heterocycles. The van der Waals surface area contributed by atoms with Crippen LogP contribution in [0.25, 0.3) is 10.8 Å². The Labute approximate surface area is 207 Å². The fraction of sp³-hybridized carbons (Fsp3) is 0.115. The van der Waals surface area contributed by atoms with E-state index in [0.717, 1.165) is 19.6 Å². The first-order chi connectivity index (χ1) is 16.4. The van der Waals surface area contributed by atoms with Crippen molar-refractivity contribution in [2.24, 2.45) is 0 Å². The highest BCUT2D eigenvalue weighted by Gasteiger charge is 2.27. The van der Waals surface area contributed by atoms with E-state index in [1.165, 1.54) is 12.1 Å². The highest BCUT2D eigenvalue weighted by molar-refractivity contribution is 9.10. The molecule has 4 aromatic rings. The van der Waals surface area contributed by atoms with Gasteiger partial charge in [0.2, 0.25) is 5.91 Å². The van der Waals surface area contributed by atoms with Gasteiger partial charge in [-0.15, -0.1) is 0 Å². The van der Waals surface area contributed by atoms with E-state index in [-0.39, 0.29) is 24.6 Å². The SMILES string of the molecule is O=C(CN(c1ccc(Br)cc1)S(=O)(=O)c1ccccc1)NCCOc1ccc2ccccc2c1. The number of carbonyl (C=O) groups is 1. The molecule has 0 fully saturated rings. The van der Waals surface area contributed by atoms with Crippen LogP contribution in [0.4, 0.5) is 5.69 Å². The van der Waals surface area contributed by atoms with Gasteiger partial charge in [0.05, 0.1) is 17.1 Å². The standard InChI is InChI=1S/C26H23BrN2O4S/c27-22-11-13-23(14-12-22)29(34(31,32)25-8-2-1-3-9-25)19-26(30)28-16-17-33-24-15-10-20-6-4-5-7-21(20)18-24/h1-15,18H,16-17,19H2,(H,28,30). The fourth-order valence-electron chi connectivity index (χ4n) is 3.44. The van der Waals surface area contributed by atoms with Gasteiger partial charge in [0.25, 0.3) is 10.0 Å². The van der Waals surface area contributed by atoms with Crippen molar-refractivity contribution in [3.63, 3.8) is 0 Å². The summed E-state index contributed by atoms with van der Waals surface area (Å²) in [4.78, 5) is 12.8. The van der Waals surface area contributed by atoms with Gasteiger partial charge in [-0.2, -0.15) is 0 Å². The number of sulfonamides is 1. The maximum Gasteiger partial charge on any atom is 0.264 e. The summed E-state index contributed by atoms with van der Waals surface area (Å²) in [5, 5.41) is 4.94. The number of rotatable bonds is 9. The molecule has 34 heavy (non-hydrogen) atoms. The molecule has 0 atom stereocenters. The normalized spacial score (nSPS) is 11.2. The molecule has 0 saturated carbocycles. The van der Waals surface area contributed by atoms with Crippen molar-refractivity contribution in [1.29, 1.82) is 0 Å². The predicted octanol–water partition coefficient (Wildman–Crippen LogP) is 4.99. The molecular weight excluding hydrogens is 516 g/mol. The Hall–Kier alpha value is -3.36. The minimum Gasteiger partial charge on any atom is -0.492 e. The van der Waals surface area contributed by atoms with Gasteiger partial charge in [-0.25, -0.2) is 8.42 Å². The summed E-state index contributed by atoms with van der Waals surface area (Å²) in [6.45, 7) is 0.147. The largest absolute Gasteiger partial charge is 0.492 e. The molecule has 0 aliphatic heterocycles. The minimum absolute atomic E-state index is 0.116. The Bertz CT molecular complexity index is 1380. The second-order valence-electron chi connectivity index (χ2n) is 7.51. The fourth-order valence-corrected chi connectivity index (χ4v) is 5.15. The zero-order valence-electron chi connectivity index (χ0n) is 18.2. The molecule has 0 spiro atoms. The molecule has 0 aliphatic rings. The third kappa shape index (κ3) is 5.76. The first-order valence-electron chi connectivity index (χ1n) is 10.7. The topological polar surface area (TPSA) is 75.7 Å². The Morgan fingerprint density at radius 3 is 2.26 bits per heavy atom. The van der Waals surface area contributed by atoms with Crippen LogP contribution in [-0.4, -0.2) is 34.0 Å². The average Bonchev–Trinajstić information content (AvgIpc) is 2.86. The van der Waals surface area contributed by atoms with Gasteiger partial charge in [-0.05, 0) is 59.3 Å². The van der Waals surface area contributed by atoms with Crippen LogP contribution in [0.3, 0.4) is 0 Å². The lowest BCUT2D eigenvalue weighted by Crippen LogP contribution is -2.41. The number of halogens is 1. The number of nitrogens with zero attached hydrogens (tertiary/aromatic N) is 1. The predicted molar refractivity (Wildman–Crippen MR) is 138 cm³/mol. The maximum atomic E-state index is 13.3. The van der Waals surface area contributed by atoms with Gasteiger partial charge in [0.15, 0.2) is 0 Å². The van der Waals surface area contributed by atoms with E-state index in [9.17, 15) is 13.2 Å². The van der Waals surface area contributed by atoms with Crippen molar-refractivity contribution in [3.8, 4) is 5.75 Å². The van der Waals surface area contributed by atoms with Crippen LogP contribution < -0.4 is 14.4 Å². The van der Waals surface area contributed by atoms with Gasteiger partial charge < -0.3 is 10.1 Å². The van der Waals surface area contributed by atoms with Crippen molar-refractivity contribution in [3.05, 3.63) is 102 Å². The molecule has 8 heteroatoms. The molecule has 0 bridgehead atoms. The van der Waals surface area contributed by atoms with Crippen molar-refractivity contribution in [1.82, 2.24) is 5.32 Å². The van der Waals surface area contributed by atoms with Crippen LogP contribution in [0.15, 0.2) is 106 Å². The molecule has 0 heterocycles. The molecule has 0 unspecified atom stereocenters. The molecular formula is C26H23BrN2O4S. The smallest absolute Gasteiger partial charge is 0.264 e. The number of nitrogens with one attached hydrogen (secondary N) is 1. The Balaban J connectivity index is 1.40. The number of hydrogen-bond donors (Lipinski definition) is 1. The second kappa shape index (κ2) is 10.7. The van der Waals surface area contributed by atoms with Gasteiger partial charge in [0, 0.05) is 4.47 Å². The van der Waals surface area contributed by atoms with Gasteiger partial charge in [0.1, 0.15) is 18.9 Å². The molecule has 1 N–H and O–H groups in total. The Kier molecular flexibility index (Phi) is 7.49. The molecule has 0 saturated heterocycles. The van der Waals surface area contributed by atoms with E-state index >= 15 is 0 Å². The number of fused-ring (bicyclic) bond motifs is 1. The summed E-state index contributed by atoms with van der Waals surface area (Å²) in [5.41, 5.74) is 0.398. The first-order valence-corrected chi connectivity index (χ1v) is 12.9. The van der Waals surface area contributed by atoms with Crippen molar-refractivity contribution in [2.75, 3.05) is 24.0 Å². The average molecular weight is 539 g/mol. The van der Waals surface area contributed by atoms with Crippen molar-refractivity contribution >= 4 is 48.3 Å². The molecule has 6 nitrogen and oxygen atoms in total. The van der Waals surface area contributed by atoms with Crippen LogP contribution >= 0.6 is 15.9 Å². The summed E-state index contributed by atoms with van der Waals surface area (Å²) in [6.07, 6.45) is 0. The first kappa shape index (κ1) is 23.8. The molecule has 4 rings (SSSR count). The Morgan fingerprint density at radius 2 is 1.53 bits per heavy atom. The lowest BCUT2D eigenvalue weighted by atomic mass is 10.1. The highest BCUT2D eigenvalue weighted by atomic mass is 79.9. The van der Waals surface area contributed by atoms with Gasteiger partial charge >= 0.3 is 0 Å². The molecule has 0 aliphatic carbocycles. The minimum atomic E-state index is -3.93.